The summed E-state index contributed by atoms with van der Waals surface area (Å²) in [5.74, 6) is 0.453. The van der Waals surface area contributed by atoms with Gasteiger partial charge in [-0.25, -0.2) is 5.48 Å². The predicted molar refractivity (Wildman–Crippen MR) is 100 cm³/mol. The van der Waals surface area contributed by atoms with E-state index in [-0.39, 0.29) is 17.5 Å². The number of hydrogen-bond donors (Lipinski definition) is 4. The molecule has 1 saturated heterocycles. The number of nitrogens with zero attached hydrogens (tertiary/aromatic N) is 2. The predicted octanol–water partition coefficient (Wildman–Crippen LogP) is 0.981. The Balaban J connectivity index is 1.69. The molecule has 10 heteroatoms. The van der Waals surface area contributed by atoms with Gasteiger partial charge in [0.25, 0.3) is 5.91 Å². The third kappa shape index (κ3) is 4.53. The summed E-state index contributed by atoms with van der Waals surface area (Å²) in [5.41, 5.74) is 2.65. The summed E-state index contributed by atoms with van der Waals surface area (Å²) in [6.45, 7) is 3.88. The molecule has 27 heavy (non-hydrogen) atoms. The second kappa shape index (κ2) is 8.03. The number of carbonyl (C=O) groups excluding carboxylic acids is 2. The molecule has 150 valence electrons. The van der Waals surface area contributed by atoms with Gasteiger partial charge in [0.05, 0.1) is 24.1 Å². The number of hydrogen-bond acceptors (Lipinski definition) is 7. The minimum atomic E-state index is -2.50. The van der Waals surface area contributed by atoms with E-state index in [1.165, 1.54) is 0 Å². The number of carbonyl (C=O) groups is 2. The summed E-state index contributed by atoms with van der Waals surface area (Å²) in [7, 11) is -2.50. The first-order chi connectivity index (χ1) is 12.8. The van der Waals surface area contributed by atoms with Gasteiger partial charge in [-0.05, 0) is 19.1 Å². The van der Waals surface area contributed by atoms with Gasteiger partial charge in [-0.15, -0.1) is 0 Å². The van der Waals surface area contributed by atoms with Gasteiger partial charge in [-0.2, -0.15) is 10.6 Å². The molecule has 1 fully saturated rings. The molecule has 1 aromatic carbocycles. The van der Waals surface area contributed by atoms with E-state index in [2.05, 4.69) is 0 Å². The largest absolute Gasteiger partial charge is 0.491 e. The zero-order chi connectivity index (χ0) is 19.6. The third-order valence-corrected chi connectivity index (χ3v) is 6.71. The highest BCUT2D eigenvalue weighted by atomic mass is 32.3. The second-order valence-corrected chi connectivity index (χ2v) is 9.21. The lowest BCUT2D eigenvalue weighted by Gasteiger charge is -2.43. The molecule has 2 amide bonds. The van der Waals surface area contributed by atoms with Crippen molar-refractivity contribution in [3.63, 3.8) is 0 Å². The van der Waals surface area contributed by atoms with Crippen LogP contribution < -0.4 is 10.2 Å². The molecular weight excluding hydrogens is 374 g/mol. The highest BCUT2D eigenvalue weighted by Crippen LogP contribution is 2.40. The lowest BCUT2D eigenvalue weighted by atomic mass is 10.1. The number of nitrogens with one attached hydrogen (secondary N) is 1. The fraction of sp³-hybridized carbons (Fsp3) is 0.529. The van der Waals surface area contributed by atoms with Crippen LogP contribution in [0.1, 0.15) is 22.8 Å². The van der Waals surface area contributed by atoms with E-state index in [0.29, 0.717) is 50.0 Å². The van der Waals surface area contributed by atoms with E-state index in [1.807, 2.05) is 11.8 Å². The summed E-state index contributed by atoms with van der Waals surface area (Å²) in [4.78, 5) is 28.2. The van der Waals surface area contributed by atoms with Crippen molar-refractivity contribution in [2.45, 2.75) is 19.5 Å². The number of rotatable bonds is 3. The molecule has 0 radical (unpaired) electrons. The molecule has 2 aliphatic rings. The minimum Gasteiger partial charge on any atom is -0.491 e. The number of hydroxylamine groups is 1. The van der Waals surface area contributed by atoms with Crippen LogP contribution in [-0.4, -0.2) is 79.7 Å². The van der Waals surface area contributed by atoms with Crippen LogP contribution in [0.5, 0.6) is 5.75 Å². The molecule has 3 rings (SSSR count). The summed E-state index contributed by atoms with van der Waals surface area (Å²) in [6, 6.07) is 4.47. The molecule has 1 aromatic rings. The molecule has 9 nitrogen and oxygen atoms in total. The van der Waals surface area contributed by atoms with Crippen molar-refractivity contribution in [3.05, 3.63) is 29.3 Å². The maximum atomic E-state index is 13.0. The summed E-state index contributed by atoms with van der Waals surface area (Å²) in [6.07, 6.45) is 0. The molecule has 0 saturated carbocycles. The van der Waals surface area contributed by atoms with Crippen molar-refractivity contribution >= 4 is 22.4 Å². The second-order valence-electron chi connectivity index (χ2n) is 6.79. The highest BCUT2D eigenvalue weighted by Gasteiger charge is 2.32. The van der Waals surface area contributed by atoms with E-state index in [0.717, 1.165) is 5.56 Å². The fourth-order valence-corrected chi connectivity index (χ4v) is 4.57. The van der Waals surface area contributed by atoms with Gasteiger partial charge in [0.15, 0.2) is 0 Å². The number of ether oxygens (including phenoxy) is 1. The Hall–Kier alpha value is -1.85. The lowest BCUT2D eigenvalue weighted by Crippen LogP contribution is -2.51. The molecule has 2 aliphatic heterocycles. The first-order valence-corrected chi connectivity index (χ1v) is 10.7. The maximum Gasteiger partial charge on any atom is 0.274 e. The van der Waals surface area contributed by atoms with Crippen molar-refractivity contribution in [1.82, 2.24) is 15.3 Å². The van der Waals surface area contributed by atoms with Gasteiger partial charge in [-0.3, -0.25) is 28.8 Å². The first kappa shape index (κ1) is 19.9. The van der Waals surface area contributed by atoms with Crippen LogP contribution in [-0.2, 0) is 11.3 Å². The van der Waals surface area contributed by atoms with Gasteiger partial charge in [0.1, 0.15) is 12.4 Å². The van der Waals surface area contributed by atoms with Crippen LogP contribution in [0.3, 0.4) is 0 Å². The summed E-state index contributed by atoms with van der Waals surface area (Å²) < 4.78 is 25.2. The van der Waals surface area contributed by atoms with Gasteiger partial charge in [-0.1, -0.05) is 6.07 Å². The van der Waals surface area contributed by atoms with Crippen LogP contribution in [0.4, 0.5) is 0 Å². The molecule has 0 bridgehead atoms. The SMILES string of the molecule is CC(C(=O)N1CCOc2cc(C(=O)NO)ccc2C1)N1CCS(O)(O)CC1. The van der Waals surface area contributed by atoms with Crippen molar-refractivity contribution in [1.29, 1.82) is 0 Å². The lowest BCUT2D eigenvalue weighted by molar-refractivity contribution is -0.137. The maximum absolute atomic E-state index is 13.0. The van der Waals surface area contributed by atoms with Gasteiger partial charge >= 0.3 is 0 Å². The van der Waals surface area contributed by atoms with Crippen molar-refractivity contribution in [2.75, 3.05) is 37.7 Å². The summed E-state index contributed by atoms with van der Waals surface area (Å²) >= 11 is 0. The zero-order valence-corrected chi connectivity index (χ0v) is 15.9. The molecule has 1 atom stereocenters. The molecule has 0 spiro atoms. The number of amides is 2. The highest BCUT2D eigenvalue weighted by molar-refractivity contribution is 8.24. The van der Waals surface area contributed by atoms with Crippen LogP contribution >= 0.6 is 10.6 Å². The monoisotopic (exact) mass is 399 g/mol. The van der Waals surface area contributed by atoms with E-state index in [9.17, 15) is 18.7 Å². The molecule has 0 aromatic heterocycles. The number of fused-ring (bicyclic) bond motifs is 1. The Bertz CT molecular complexity index is 719. The molecular formula is C17H25N3O6S. The van der Waals surface area contributed by atoms with E-state index in [1.54, 1.807) is 28.6 Å². The Morgan fingerprint density at radius 3 is 2.59 bits per heavy atom. The normalized spacial score (nSPS) is 22.0. The average Bonchev–Trinajstić information content (AvgIpc) is 2.88. The Morgan fingerprint density at radius 2 is 1.93 bits per heavy atom. The van der Waals surface area contributed by atoms with Crippen LogP contribution in [0.15, 0.2) is 18.2 Å². The minimum absolute atomic E-state index is 0.0398. The Labute approximate surface area is 159 Å². The summed E-state index contributed by atoms with van der Waals surface area (Å²) in [5, 5.41) is 8.75. The van der Waals surface area contributed by atoms with Gasteiger partial charge < -0.3 is 9.64 Å². The van der Waals surface area contributed by atoms with Crippen LogP contribution in [0, 0.1) is 0 Å². The van der Waals surface area contributed by atoms with Gasteiger partial charge in [0.2, 0.25) is 5.91 Å². The van der Waals surface area contributed by atoms with E-state index in [4.69, 9.17) is 9.94 Å². The molecule has 1 unspecified atom stereocenters. The fourth-order valence-electron chi connectivity index (χ4n) is 3.31. The third-order valence-electron chi connectivity index (χ3n) is 5.04. The number of benzene rings is 1. The topological polar surface area (TPSA) is 123 Å². The quantitative estimate of drug-likeness (QED) is 0.441. The Morgan fingerprint density at radius 1 is 1.22 bits per heavy atom. The molecule has 4 N–H and O–H groups in total. The zero-order valence-electron chi connectivity index (χ0n) is 15.1. The van der Waals surface area contributed by atoms with Crippen molar-refractivity contribution in [2.24, 2.45) is 0 Å². The van der Waals surface area contributed by atoms with E-state index < -0.39 is 16.5 Å². The smallest absolute Gasteiger partial charge is 0.274 e. The first-order valence-electron chi connectivity index (χ1n) is 8.77. The molecule has 0 aliphatic carbocycles. The molecule has 2 heterocycles. The van der Waals surface area contributed by atoms with Crippen LogP contribution in [0.25, 0.3) is 0 Å². The van der Waals surface area contributed by atoms with Crippen LogP contribution in [0.2, 0.25) is 0 Å². The average molecular weight is 399 g/mol. The van der Waals surface area contributed by atoms with Crippen molar-refractivity contribution in [3.8, 4) is 5.75 Å². The van der Waals surface area contributed by atoms with Gasteiger partial charge in [0, 0.05) is 30.8 Å². The van der Waals surface area contributed by atoms with Crippen molar-refractivity contribution < 1.29 is 28.6 Å². The standard InChI is InChI=1S/C17H25N3O6S/c1-12(19-5-8-27(24,25)9-6-19)17(22)20-4-7-26-15-10-13(16(21)18-23)2-3-14(15)11-20/h2-3,10,12,23-25H,4-9,11H2,1H3,(H,18,21). The van der Waals surface area contributed by atoms with E-state index >= 15 is 0 Å². The Kier molecular flexibility index (Phi) is 5.92.